The quantitative estimate of drug-likeness (QED) is 0.659. The molecule has 0 heterocycles. The molecule has 104 valence electrons. The second-order valence-electron chi connectivity index (χ2n) is 4.23. The molecule has 6 heteroatoms. The monoisotopic (exact) mass is 272 g/mol. The van der Waals surface area contributed by atoms with Crippen LogP contribution in [0.1, 0.15) is 19.4 Å². The van der Waals surface area contributed by atoms with Crippen molar-refractivity contribution in [2.24, 2.45) is 5.41 Å². The van der Waals surface area contributed by atoms with Crippen LogP contribution >= 0.6 is 0 Å². The number of carboxylic acids is 1. The topological polar surface area (TPSA) is 63.6 Å². The Morgan fingerprint density at radius 3 is 2.26 bits per heavy atom. The summed E-state index contributed by atoms with van der Waals surface area (Å²) in [5, 5.41) is 9.13. The van der Waals surface area contributed by atoms with E-state index in [1.807, 2.05) is 0 Å². The number of esters is 1. The van der Waals surface area contributed by atoms with E-state index >= 15 is 0 Å². The highest BCUT2D eigenvalue weighted by Crippen LogP contribution is 2.27. The van der Waals surface area contributed by atoms with Crippen LogP contribution in [0, 0.1) is 17.0 Å². The van der Waals surface area contributed by atoms with Crippen LogP contribution in [0.2, 0.25) is 0 Å². The summed E-state index contributed by atoms with van der Waals surface area (Å²) < 4.78 is 31.7. The third-order valence-corrected chi connectivity index (χ3v) is 2.79. The van der Waals surface area contributed by atoms with Crippen LogP contribution in [-0.4, -0.2) is 23.7 Å². The second-order valence-corrected chi connectivity index (χ2v) is 4.23. The Kier molecular flexibility index (Phi) is 4.58. The molecule has 1 rings (SSSR count). The standard InChI is InChI=1S/C13H14F2O4/c1-3-19-12(18)13(2,11(16)17)7-8-9(14)5-4-6-10(8)15/h4-6H,3,7H2,1-2H3,(H,16,17). The molecule has 0 fully saturated rings. The molecule has 0 aliphatic carbocycles. The van der Waals surface area contributed by atoms with Crippen LogP contribution in [-0.2, 0) is 20.7 Å². The summed E-state index contributed by atoms with van der Waals surface area (Å²) in [7, 11) is 0. The summed E-state index contributed by atoms with van der Waals surface area (Å²) in [6.45, 7) is 2.59. The van der Waals surface area contributed by atoms with Gasteiger partial charge in [0.25, 0.3) is 0 Å². The first-order valence-electron chi connectivity index (χ1n) is 5.66. The van der Waals surface area contributed by atoms with Gasteiger partial charge in [-0.25, -0.2) is 8.78 Å². The first-order chi connectivity index (χ1) is 8.82. The highest BCUT2D eigenvalue weighted by atomic mass is 19.1. The van der Waals surface area contributed by atoms with Crippen LogP contribution in [0.3, 0.4) is 0 Å². The van der Waals surface area contributed by atoms with Gasteiger partial charge in [0.1, 0.15) is 11.6 Å². The van der Waals surface area contributed by atoms with Gasteiger partial charge < -0.3 is 9.84 Å². The zero-order valence-electron chi connectivity index (χ0n) is 10.6. The van der Waals surface area contributed by atoms with Crippen LogP contribution < -0.4 is 0 Å². The van der Waals surface area contributed by atoms with Crippen LogP contribution in [0.5, 0.6) is 0 Å². The molecule has 1 unspecified atom stereocenters. The maximum absolute atomic E-state index is 13.5. The van der Waals surface area contributed by atoms with E-state index in [0.29, 0.717) is 0 Å². The Morgan fingerprint density at radius 1 is 1.32 bits per heavy atom. The van der Waals surface area contributed by atoms with Gasteiger partial charge in [0.05, 0.1) is 6.61 Å². The molecule has 0 amide bonds. The first kappa shape index (κ1) is 15.1. The highest BCUT2D eigenvalue weighted by Gasteiger charge is 2.44. The smallest absolute Gasteiger partial charge is 0.323 e. The molecule has 0 saturated heterocycles. The molecule has 0 aliphatic heterocycles. The highest BCUT2D eigenvalue weighted by molar-refractivity contribution is 5.99. The zero-order chi connectivity index (χ0) is 14.6. The Hall–Kier alpha value is -1.98. The lowest BCUT2D eigenvalue weighted by Gasteiger charge is -2.22. The number of hydrogen-bond acceptors (Lipinski definition) is 3. The first-order valence-corrected chi connectivity index (χ1v) is 5.66. The molecule has 1 aromatic carbocycles. The Balaban J connectivity index is 3.16. The molecule has 1 N–H and O–H groups in total. The van der Waals surface area contributed by atoms with Crippen molar-refractivity contribution < 1.29 is 28.2 Å². The molecule has 4 nitrogen and oxygen atoms in total. The number of rotatable bonds is 5. The van der Waals surface area contributed by atoms with Crippen molar-refractivity contribution in [1.82, 2.24) is 0 Å². The second kappa shape index (κ2) is 5.77. The Morgan fingerprint density at radius 2 is 1.84 bits per heavy atom. The lowest BCUT2D eigenvalue weighted by atomic mass is 9.83. The third-order valence-electron chi connectivity index (χ3n) is 2.79. The van der Waals surface area contributed by atoms with Gasteiger partial charge in [-0.1, -0.05) is 6.07 Å². The van der Waals surface area contributed by atoms with E-state index in [4.69, 9.17) is 5.11 Å². The van der Waals surface area contributed by atoms with E-state index in [9.17, 15) is 18.4 Å². The van der Waals surface area contributed by atoms with E-state index in [-0.39, 0.29) is 6.61 Å². The minimum atomic E-state index is -2.03. The number of carbonyl (C=O) groups is 2. The number of aliphatic carboxylic acids is 1. The van der Waals surface area contributed by atoms with Gasteiger partial charge in [-0.3, -0.25) is 9.59 Å². The largest absolute Gasteiger partial charge is 0.480 e. The van der Waals surface area contributed by atoms with Gasteiger partial charge in [0.15, 0.2) is 5.41 Å². The third kappa shape index (κ3) is 3.07. The van der Waals surface area contributed by atoms with Gasteiger partial charge in [-0.15, -0.1) is 0 Å². The SMILES string of the molecule is CCOC(=O)C(C)(Cc1c(F)cccc1F)C(=O)O. The van der Waals surface area contributed by atoms with Crippen molar-refractivity contribution in [3.05, 3.63) is 35.4 Å². The fourth-order valence-corrected chi connectivity index (χ4v) is 1.58. The van der Waals surface area contributed by atoms with Crippen LogP contribution in [0.25, 0.3) is 0 Å². The molecule has 1 atom stereocenters. The molecular formula is C13H14F2O4. The molecule has 0 aromatic heterocycles. The number of hydrogen-bond donors (Lipinski definition) is 1. The molecule has 1 aromatic rings. The van der Waals surface area contributed by atoms with Gasteiger partial charge in [-0.05, 0) is 26.0 Å². The van der Waals surface area contributed by atoms with Crippen molar-refractivity contribution in [2.45, 2.75) is 20.3 Å². The van der Waals surface area contributed by atoms with Crippen molar-refractivity contribution >= 4 is 11.9 Å². The van der Waals surface area contributed by atoms with Crippen molar-refractivity contribution in [1.29, 1.82) is 0 Å². The van der Waals surface area contributed by atoms with Crippen molar-refractivity contribution in [3.63, 3.8) is 0 Å². The lowest BCUT2D eigenvalue weighted by Crippen LogP contribution is -2.40. The molecule has 0 bridgehead atoms. The summed E-state index contributed by atoms with van der Waals surface area (Å²) in [6.07, 6.45) is -0.611. The number of carboxylic acid groups (broad SMARTS) is 1. The summed E-state index contributed by atoms with van der Waals surface area (Å²) in [5.74, 6) is -4.30. The van der Waals surface area contributed by atoms with Gasteiger partial charge >= 0.3 is 11.9 Å². The minimum absolute atomic E-state index is 0.0124. The van der Waals surface area contributed by atoms with Crippen molar-refractivity contribution in [3.8, 4) is 0 Å². The van der Waals surface area contributed by atoms with E-state index in [0.717, 1.165) is 25.1 Å². The van der Waals surface area contributed by atoms with E-state index in [1.165, 1.54) is 6.92 Å². The van der Waals surface area contributed by atoms with E-state index < -0.39 is 41.0 Å². The van der Waals surface area contributed by atoms with Gasteiger partial charge in [0.2, 0.25) is 0 Å². The Labute approximate surface area is 109 Å². The fraction of sp³-hybridized carbons (Fsp3) is 0.385. The number of ether oxygens (including phenoxy) is 1. The molecule has 0 aliphatic rings. The molecule has 0 spiro atoms. The zero-order valence-corrected chi connectivity index (χ0v) is 10.6. The average molecular weight is 272 g/mol. The maximum atomic E-state index is 13.5. The summed E-state index contributed by atoms with van der Waals surface area (Å²) in [6, 6.07) is 3.17. The van der Waals surface area contributed by atoms with Crippen LogP contribution in [0.15, 0.2) is 18.2 Å². The maximum Gasteiger partial charge on any atom is 0.323 e. The Bertz CT molecular complexity index is 481. The predicted octanol–water partition coefficient (Wildman–Crippen LogP) is 2.16. The molecule has 19 heavy (non-hydrogen) atoms. The van der Waals surface area contributed by atoms with E-state index in [1.54, 1.807) is 0 Å². The van der Waals surface area contributed by atoms with Crippen molar-refractivity contribution in [2.75, 3.05) is 6.61 Å². The van der Waals surface area contributed by atoms with Crippen LogP contribution in [0.4, 0.5) is 8.78 Å². The minimum Gasteiger partial charge on any atom is -0.480 e. The number of benzene rings is 1. The summed E-state index contributed by atoms with van der Waals surface area (Å²) in [4.78, 5) is 22.9. The number of carbonyl (C=O) groups excluding carboxylic acids is 1. The lowest BCUT2D eigenvalue weighted by molar-refractivity contribution is -0.167. The van der Waals surface area contributed by atoms with E-state index in [2.05, 4.69) is 4.74 Å². The molecular weight excluding hydrogens is 258 g/mol. The predicted molar refractivity (Wildman–Crippen MR) is 62.4 cm³/mol. The average Bonchev–Trinajstić information content (AvgIpc) is 2.33. The molecule has 0 saturated carbocycles. The fourth-order valence-electron chi connectivity index (χ4n) is 1.58. The summed E-state index contributed by atoms with van der Waals surface area (Å²) >= 11 is 0. The normalized spacial score (nSPS) is 13.7. The van der Waals surface area contributed by atoms with Gasteiger partial charge in [0, 0.05) is 12.0 Å². The number of halogens is 2. The summed E-state index contributed by atoms with van der Waals surface area (Å²) in [5.41, 5.74) is -2.47. The molecule has 0 radical (unpaired) electrons. The van der Waals surface area contributed by atoms with Gasteiger partial charge in [-0.2, -0.15) is 0 Å².